The van der Waals surface area contributed by atoms with Gasteiger partial charge >= 0.3 is 0 Å². The van der Waals surface area contributed by atoms with Crippen molar-refractivity contribution in [2.24, 2.45) is 5.16 Å². The molecule has 23 heavy (non-hydrogen) atoms. The standard InChI is InChI=1S/C15H18ClN3O4/c1-22-13-5-4-11(16)8-12(13)18-14(20)9-17-23-10-15(21)19-6-2-3-7-19/h4-5,8-9H,2-3,6-7,10H2,1H3,(H,18,20)/b17-9-. The minimum atomic E-state index is -0.515. The number of hydrogen-bond donors (Lipinski definition) is 1. The lowest BCUT2D eigenvalue weighted by molar-refractivity contribution is -0.135. The molecule has 2 amide bonds. The maximum absolute atomic E-state index is 11.8. The third-order valence-corrected chi connectivity index (χ3v) is 3.55. The van der Waals surface area contributed by atoms with Gasteiger partial charge in [-0.1, -0.05) is 16.8 Å². The van der Waals surface area contributed by atoms with Crippen molar-refractivity contribution in [2.45, 2.75) is 12.8 Å². The van der Waals surface area contributed by atoms with Crippen LogP contribution in [0.5, 0.6) is 5.75 Å². The lowest BCUT2D eigenvalue weighted by atomic mass is 10.3. The van der Waals surface area contributed by atoms with Gasteiger partial charge in [-0.2, -0.15) is 0 Å². The minimum Gasteiger partial charge on any atom is -0.495 e. The molecule has 0 aliphatic carbocycles. The zero-order valence-corrected chi connectivity index (χ0v) is 13.5. The molecule has 1 aromatic carbocycles. The van der Waals surface area contributed by atoms with E-state index in [-0.39, 0.29) is 12.5 Å². The number of methoxy groups -OCH3 is 1. The SMILES string of the molecule is COc1ccc(Cl)cc1NC(=O)/C=N\OCC(=O)N1CCCC1. The summed E-state index contributed by atoms with van der Waals surface area (Å²) in [6, 6.07) is 4.85. The van der Waals surface area contributed by atoms with Gasteiger partial charge in [-0.3, -0.25) is 9.59 Å². The summed E-state index contributed by atoms with van der Waals surface area (Å²) in [5.41, 5.74) is 0.421. The van der Waals surface area contributed by atoms with Gasteiger partial charge in [0.1, 0.15) is 12.0 Å². The van der Waals surface area contributed by atoms with E-state index < -0.39 is 5.91 Å². The van der Waals surface area contributed by atoms with Crippen molar-refractivity contribution in [3.05, 3.63) is 23.2 Å². The number of nitrogens with one attached hydrogen (secondary N) is 1. The summed E-state index contributed by atoms with van der Waals surface area (Å²) in [4.78, 5) is 30.0. The van der Waals surface area contributed by atoms with Gasteiger partial charge in [0.25, 0.3) is 11.8 Å². The number of halogens is 1. The summed E-state index contributed by atoms with van der Waals surface area (Å²) in [5, 5.41) is 6.53. The van der Waals surface area contributed by atoms with Gasteiger partial charge in [-0.25, -0.2) is 0 Å². The molecule has 1 aromatic rings. The Bertz CT molecular complexity index is 600. The van der Waals surface area contributed by atoms with Crippen LogP contribution < -0.4 is 10.1 Å². The molecule has 1 aliphatic heterocycles. The fourth-order valence-corrected chi connectivity index (χ4v) is 2.35. The van der Waals surface area contributed by atoms with Crippen molar-refractivity contribution in [1.82, 2.24) is 4.90 Å². The Labute approximate surface area is 139 Å². The molecule has 0 aromatic heterocycles. The Morgan fingerprint density at radius 3 is 2.83 bits per heavy atom. The van der Waals surface area contributed by atoms with Gasteiger partial charge in [0.2, 0.25) is 0 Å². The molecule has 0 spiro atoms. The molecule has 0 atom stereocenters. The highest BCUT2D eigenvalue weighted by Crippen LogP contribution is 2.27. The number of benzene rings is 1. The fraction of sp³-hybridized carbons (Fsp3) is 0.400. The number of hydrogen-bond acceptors (Lipinski definition) is 5. The topological polar surface area (TPSA) is 80.2 Å². The van der Waals surface area contributed by atoms with E-state index in [4.69, 9.17) is 21.2 Å². The number of likely N-dealkylation sites (tertiary alicyclic amines) is 1. The molecule has 1 saturated heterocycles. The van der Waals surface area contributed by atoms with Gasteiger partial charge in [0.05, 0.1) is 12.8 Å². The Balaban J connectivity index is 1.80. The van der Waals surface area contributed by atoms with Crippen molar-refractivity contribution in [3.8, 4) is 5.75 Å². The first-order valence-electron chi connectivity index (χ1n) is 7.18. The number of anilines is 1. The molecule has 1 N–H and O–H groups in total. The summed E-state index contributed by atoms with van der Waals surface area (Å²) in [6.07, 6.45) is 2.98. The average molecular weight is 340 g/mol. The van der Waals surface area contributed by atoms with E-state index in [1.54, 1.807) is 23.1 Å². The lowest BCUT2D eigenvalue weighted by Gasteiger charge is -2.13. The summed E-state index contributed by atoms with van der Waals surface area (Å²) >= 11 is 5.87. The number of rotatable bonds is 6. The van der Waals surface area contributed by atoms with Crippen LogP contribution in [-0.4, -0.2) is 49.7 Å². The zero-order valence-electron chi connectivity index (χ0n) is 12.8. The van der Waals surface area contributed by atoms with Crippen molar-refractivity contribution < 1.29 is 19.2 Å². The average Bonchev–Trinajstić information content (AvgIpc) is 3.06. The largest absolute Gasteiger partial charge is 0.495 e. The van der Waals surface area contributed by atoms with Crippen LogP contribution in [0, 0.1) is 0 Å². The van der Waals surface area contributed by atoms with Gasteiger partial charge in [0.15, 0.2) is 6.61 Å². The van der Waals surface area contributed by atoms with Crippen LogP contribution in [-0.2, 0) is 14.4 Å². The van der Waals surface area contributed by atoms with E-state index in [2.05, 4.69) is 10.5 Å². The van der Waals surface area contributed by atoms with Crippen LogP contribution in [0.2, 0.25) is 5.02 Å². The molecule has 7 nitrogen and oxygen atoms in total. The van der Waals surface area contributed by atoms with E-state index in [0.29, 0.717) is 16.5 Å². The summed E-state index contributed by atoms with van der Waals surface area (Å²) < 4.78 is 5.12. The second-order valence-corrected chi connectivity index (χ2v) is 5.37. The first-order chi connectivity index (χ1) is 11.1. The number of ether oxygens (including phenoxy) is 1. The number of nitrogens with zero attached hydrogens (tertiary/aromatic N) is 2. The van der Waals surface area contributed by atoms with Crippen LogP contribution in [0.1, 0.15) is 12.8 Å². The summed E-state index contributed by atoms with van der Waals surface area (Å²) in [5.74, 6) is -0.169. The Morgan fingerprint density at radius 2 is 2.13 bits per heavy atom. The highest BCUT2D eigenvalue weighted by molar-refractivity contribution is 6.33. The first kappa shape index (κ1) is 17.1. The third-order valence-electron chi connectivity index (χ3n) is 3.31. The molecule has 0 unspecified atom stereocenters. The van der Waals surface area contributed by atoms with Gasteiger partial charge in [-0.05, 0) is 31.0 Å². The predicted octanol–water partition coefficient (Wildman–Crippen LogP) is 1.91. The molecule has 0 bridgehead atoms. The van der Waals surface area contributed by atoms with E-state index >= 15 is 0 Å². The number of amides is 2. The third kappa shape index (κ3) is 5.14. The Hall–Kier alpha value is -2.28. The molecule has 124 valence electrons. The Kier molecular flexibility index (Phi) is 6.22. The molecule has 0 saturated carbocycles. The first-order valence-corrected chi connectivity index (χ1v) is 7.55. The van der Waals surface area contributed by atoms with Crippen LogP contribution in [0.4, 0.5) is 5.69 Å². The zero-order chi connectivity index (χ0) is 16.7. The van der Waals surface area contributed by atoms with Crippen LogP contribution in [0.15, 0.2) is 23.4 Å². The van der Waals surface area contributed by atoms with Crippen LogP contribution in [0.3, 0.4) is 0 Å². The number of carbonyl (C=O) groups is 2. The van der Waals surface area contributed by atoms with E-state index in [0.717, 1.165) is 32.1 Å². The van der Waals surface area contributed by atoms with Gasteiger partial charge in [0, 0.05) is 18.1 Å². The molecule has 0 radical (unpaired) electrons. The smallest absolute Gasteiger partial charge is 0.270 e. The van der Waals surface area contributed by atoms with Crippen molar-refractivity contribution >= 4 is 35.3 Å². The molecular weight excluding hydrogens is 322 g/mol. The minimum absolute atomic E-state index is 0.128. The highest BCUT2D eigenvalue weighted by atomic mass is 35.5. The molecule has 1 fully saturated rings. The predicted molar refractivity (Wildman–Crippen MR) is 86.9 cm³/mol. The van der Waals surface area contributed by atoms with E-state index in [9.17, 15) is 9.59 Å². The normalized spacial score (nSPS) is 14.1. The molecular formula is C15H18ClN3O4. The van der Waals surface area contributed by atoms with Gasteiger partial charge < -0.3 is 19.8 Å². The van der Waals surface area contributed by atoms with Crippen molar-refractivity contribution in [3.63, 3.8) is 0 Å². The molecule has 1 heterocycles. The molecule has 2 rings (SSSR count). The quantitative estimate of drug-likeness (QED) is 0.634. The van der Waals surface area contributed by atoms with Gasteiger partial charge in [-0.15, -0.1) is 0 Å². The summed E-state index contributed by atoms with van der Waals surface area (Å²) in [6.45, 7) is 1.33. The van der Waals surface area contributed by atoms with E-state index in [1.165, 1.54) is 7.11 Å². The summed E-state index contributed by atoms with van der Waals surface area (Å²) in [7, 11) is 1.49. The highest BCUT2D eigenvalue weighted by Gasteiger charge is 2.17. The maximum Gasteiger partial charge on any atom is 0.270 e. The second-order valence-electron chi connectivity index (χ2n) is 4.93. The van der Waals surface area contributed by atoms with Crippen LogP contribution in [0.25, 0.3) is 0 Å². The second kappa shape index (κ2) is 8.38. The Morgan fingerprint density at radius 1 is 1.39 bits per heavy atom. The fourth-order valence-electron chi connectivity index (χ4n) is 2.18. The number of oxime groups is 1. The van der Waals surface area contributed by atoms with Crippen molar-refractivity contribution in [1.29, 1.82) is 0 Å². The molecule has 1 aliphatic rings. The maximum atomic E-state index is 11.8. The molecule has 8 heteroatoms. The number of carbonyl (C=O) groups excluding carboxylic acids is 2. The van der Waals surface area contributed by atoms with Crippen LogP contribution >= 0.6 is 11.6 Å². The van der Waals surface area contributed by atoms with Crippen molar-refractivity contribution in [2.75, 3.05) is 32.1 Å². The van der Waals surface area contributed by atoms with E-state index in [1.807, 2.05) is 0 Å². The lowest BCUT2D eigenvalue weighted by Crippen LogP contribution is -2.30. The monoisotopic (exact) mass is 339 g/mol.